The van der Waals surface area contributed by atoms with Gasteiger partial charge in [-0.2, -0.15) is 0 Å². The molecule has 2 heterocycles. The van der Waals surface area contributed by atoms with Gasteiger partial charge in [0, 0.05) is 18.7 Å². The first-order valence-electron chi connectivity index (χ1n) is 8.87. The van der Waals surface area contributed by atoms with Crippen LogP contribution in [0.1, 0.15) is 20.7 Å². The molecule has 1 fully saturated rings. The van der Waals surface area contributed by atoms with Crippen LogP contribution in [0.15, 0.2) is 42.5 Å². The van der Waals surface area contributed by atoms with Crippen molar-refractivity contribution in [1.29, 1.82) is 0 Å². The summed E-state index contributed by atoms with van der Waals surface area (Å²) in [7, 11) is 1.31. The molecule has 1 aliphatic heterocycles. The molecular formula is C20H19N3O4S. The summed E-state index contributed by atoms with van der Waals surface area (Å²) in [5.74, 6) is -0.788. The number of anilines is 2. The number of fused-ring (bicyclic) bond motifs is 1. The summed E-state index contributed by atoms with van der Waals surface area (Å²) >= 11 is 1.56. The van der Waals surface area contributed by atoms with Crippen LogP contribution in [-0.2, 0) is 9.47 Å². The minimum absolute atomic E-state index is 0.292. The average Bonchev–Trinajstić information content (AvgIpc) is 3.17. The van der Waals surface area contributed by atoms with Gasteiger partial charge in [0.15, 0.2) is 5.13 Å². The Hall–Kier alpha value is -2.97. The lowest BCUT2D eigenvalue weighted by atomic mass is 10.1. The van der Waals surface area contributed by atoms with Gasteiger partial charge < -0.3 is 19.7 Å². The van der Waals surface area contributed by atoms with E-state index in [2.05, 4.69) is 15.2 Å². The lowest BCUT2D eigenvalue weighted by Crippen LogP contribution is -2.36. The smallest absolute Gasteiger partial charge is 0.339 e. The quantitative estimate of drug-likeness (QED) is 0.681. The molecule has 3 aromatic rings. The first kappa shape index (κ1) is 18.4. The van der Waals surface area contributed by atoms with Crippen LogP contribution in [-0.4, -0.2) is 50.3 Å². The molecular weight excluding hydrogens is 378 g/mol. The number of benzene rings is 2. The number of para-hydroxylation sites is 1. The van der Waals surface area contributed by atoms with Gasteiger partial charge in [-0.15, -0.1) is 0 Å². The number of aromatic nitrogens is 1. The highest BCUT2D eigenvalue weighted by molar-refractivity contribution is 7.22. The fourth-order valence-electron chi connectivity index (χ4n) is 3.02. The number of nitrogens with one attached hydrogen (secondary N) is 1. The first-order valence-corrected chi connectivity index (χ1v) is 9.69. The van der Waals surface area contributed by atoms with Crippen LogP contribution in [0.3, 0.4) is 0 Å². The molecule has 7 nitrogen and oxygen atoms in total. The molecule has 8 heteroatoms. The van der Waals surface area contributed by atoms with Crippen molar-refractivity contribution in [1.82, 2.24) is 4.98 Å². The molecule has 1 N–H and O–H groups in total. The molecule has 0 aliphatic carbocycles. The lowest BCUT2D eigenvalue weighted by Gasteiger charge is -2.25. The van der Waals surface area contributed by atoms with E-state index in [-0.39, 0.29) is 5.91 Å². The minimum atomic E-state index is -0.496. The Balaban J connectivity index is 1.57. The highest BCUT2D eigenvalue weighted by atomic mass is 32.1. The van der Waals surface area contributed by atoms with Crippen LogP contribution in [0.4, 0.5) is 10.8 Å². The third-order valence-corrected chi connectivity index (χ3v) is 5.58. The molecule has 0 saturated carbocycles. The van der Waals surface area contributed by atoms with Crippen molar-refractivity contribution in [3.05, 3.63) is 53.6 Å². The second-order valence-corrected chi connectivity index (χ2v) is 7.28. The molecule has 1 saturated heterocycles. The topological polar surface area (TPSA) is 80.8 Å². The summed E-state index contributed by atoms with van der Waals surface area (Å²) in [6.45, 7) is 3.03. The molecule has 4 rings (SSSR count). The van der Waals surface area contributed by atoms with E-state index in [4.69, 9.17) is 9.47 Å². The predicted octanol–water partition coefficient (Wildman–Crippen LogP) is 3.17. The highest BCUT2D eigenvalue weighted by Crippen LogP contribution is 2.30. The van der Waals surface area contributed by atoms with E-state index in [1.54, 1.807) is 41.7 Å². The number of thiazole rings is 1. The maximum absolute atomic E-state index is 12.7. The monoisotopic (exact) mass is 397 g/mol. The Bertz CT molecular complexity index is 1030. The number of nitrogens with zero attached hydrogens (tertiary/aromatic N) is 2. The van der Waals surface area contributed by atoms with Gasteiger partial charge in [-0.3, -0.25) is 4.79 Å². The Labute approximate surface area is 165 Å². The number of morpholine rings is 1. The van der Waals surface area contributed by atoms with Gasteiger partial charge >= 0.3 is 5.97 Å². The van der Waals surface area contributed by atoms with E-state index in [1.165, 1.54) is 7.11 Å². The molecule has 144 valence electrons. The minimum Gasteiger partial charge on any atom is -0.465 e. The van der Waals surface area contributed by atoms with Gasteiger partial charge in [-0.05, 0) is 30.3 Å². The summed E-state index contributed by atoms with van der Waals surface area (Å²) in [5, 5.41) is 3.73. The molecule has 1 amide bonds. The standard InChI is InChI=1S/C20H19N3O4S/c1-26-19(25)14-4-2-3-5-15(14)21-18(24)13-6-7-16-17(12-13)28-20(22-16)23-8-10-27-11-9-23/h2-7,12H,8-11H2,1H3,(H,21,24). The number of ether oxygens (including phenoxy) is 2. The average molecular weight is 397 g/mol. The second-order valence-electron chi connectivity index (χ2n) is 6.27. The summed E-state index contributed by atoms with van der Waals surface area (Å²) in [6, 6.07) is 12.2. The number of hydrogen-bond acceptors (Lipinski definition) is 7. The Kier molecular flexibility index (Phi) is 5.23. The number of esters is 1. The summed E-state index contributed by atoms with van der Waals surface area (Å²) in [5.41, 5.74) is 2.09. The van der Waals surface area contributed by atoms with E-state index in [1.807, 2.05) is 12.1 Å². The largest absolute Gasteiger partial charge is 0.465 e. The molecule has 28 heavy (non-hydrogen) atoms. The number of methoxy groups -OCH3 is 1. The van der Waals surface area contributed by atoms with Crippen LogP contribution in [0.5, 0.6) is 0 Å². The van der Waals surface area contributed by atoms with Crippen molar-refractivity contribution in [3.8, 4) is 0 Å². The van der Waals surface area contributed by atoms with E-state index >= 15 is 0 Å². The van der Waals surface area contributed by atoms with Gasteiger partial charge in [-0.25, -0.2) is 9.78 Å². The number of hydrogen-bond donors (Lipinski definition) is 1. The maximum atomic E-state index is 12.7. The third-order valence-electron chi connectivity index (χ3n) is 4.50. The Morgan fingerprint density at radius 2 is 1.96 bits per heavy atom. The summed E-state index contributed by atoms with van der Waals surface area (Å²) in [4.78, 5) is 31.5. The van der Waals surface area contributed by atoms with Crippen LogP contribution in [0.25, 0.3) is 10.2 Å². The highest BCUT2D eigenvalue weighted by Gasteiger charge is 2.18. The second kappa shape index (κ2) is 7.95. The third kappa shape index (κ3) is 3.69. The number of carbonyl (C=O) groups is 2. The zero-order chi connectivity index (χ0) is 19.5. The van der Waals surface area contributed by atoms with Gasteiger partial charge in [-0.1, -0.05) is 23.5 Å². The fraction of sp³-hybridized carbons (Fsp3) is 0.250. The van der Waals surface area contributed by atoms with Crippen LogP contribution < -0.4 is 10.2 Å². The Morgan fingerprint density at radius 3 is 2.75 bits per heavy atom. The number of amides is 1. The van der Waals surface area contributed by atoms with Crippen LogP contribution in [0, 0.1) is 0 Å². The van der Waals surface area contributed by atoms with E-state index in [0.29, 0.717) is 30.0 Å². The molecule has 1 aliphatic rings. The molecule has 0 bridgehead atoms. The molecule has 0 radical (unpaired) electrons. The number of rotatable bonds is 4. The maximum Gasteiger partial charge on any atom is 0.339 e. The van der Waals surface area contributed by atoms with E-state index < -0.39 is 5.97 Å². The fourth-order valence-corrected chi connectivity index (χ4v) is 4.07. The zero-order valence-corrected chi connectivity index (χ0v) is 16.1. The first-order chi connectivity index (χ1) is 13.7. The summed E-state index contributed by atoms with van der Waals surface area (Å²) < 4.78 is 11.1. The van der Waals surface area contributed by atoms with Crippen molar-refractivity contribution < 1.29 is 19.1 Å². The zero-order valence-electron chi connectivity index (χ0n) is 15.3. The van der Waals surface area contributed by atoms with E-state index in [0.717, 1.165) is 28.4 Å². The molecule has 1 aromatic heterocycles. The summed E-state index contributed by atoms with van der Waals surface area (Å²) in [6.07, 6.45) is 0. The van der Waals surface area contributed by atoms with Crippen molar-refractivity contribution in [2.24, 2.45) is 0 Å². The van der Waals surface area contributed by atoms with Gasteiger partial charge in [0.1, 0.15) is 0 Å². The van der Waals surface area contributed by atoms with Gasteiger partial charge in [0.05, 0.1) is 41.8 Å². The molecule has 0 spiro atoms. The normalized spacial score (nSPS) is 14.1. The van der Waals surface area contributed by atoms with Gasteiger partial charge in [0.25, 0.3) is 5.91 Å². The van der Waals surface area contributed by atoms with E-state index in [9.17, 15) is 9.59 Å². The van der Waals surface area contributed by atoms with Crippen molar-refractivity contribution >= 4 is 44.2 Å². The molecule has 0 atom stereocenters. The van der Waals surface area contributed by atoms with Crippen LogP contribution >= 0.6 is 11.3 Å². The molecule has 2 aromatic carbocycles. The van der Waals surface area contributed by atoms with Crippen molar-refractivity contribution in [3.63, 3.8) is 0 Å². The number of carbonyl (C=O) groups excluding carboxylic acids is 2. The van der Waals surface area contributed by atoms with Gasteiger partial charge in [0.2, 0.25) is 0 Å². The van der Waals surface area contributed by atoms with Crippen molar-refractivity contribution in [2.75, 3.05) is 43.6 Å². The lowest BCUT2D eigenvalue weighted by molar-refractivity contribution is 0.0602. The predicted molar refractivity (Wildman–Crippen MR) is 108 cm³/mol. The van der Waals surface area contributed by atoms with Crippen LogP contribution in [0.2, 0.25) is 0 Å². The Morgan fingerprint density at radius 1 is 1.18 bits per heavy atom. The van der Waals surface area contributed by atoms with Crippen molar-refractivity contribution in [2.45, 2.75) is 0 Å². The molecule has 0 unspecified atom stereocenters. The SMILES string of the molecule is COC(=O)c1ccccc1NC(=O)c1ccc2nc(N3CCOCC3)sc2c1.